The fraction of sp³-hybridized carbons (Fsp3) is 0.350. The first-order valence-electron chi connectivity index (χ1n) is 8.35. The zero-order valence-corrected chi connectivity index (χ0v) is 14.7. The SMILES string of the molecule is COc1cc(CN2CCOCC2)cc(OC)c1-c1ccc(C=O)cc1. The van der Waals surface area contributed by atoms with Crippen LogP contribution in [-0.2, 0) is 11.3 Å². The Labute approximate surface area is 148 Å². The molecule has 0 N–H and O–H groups in total. The van der Waals surface area contributed by atoms with Gasteiger partial charge >= 0.3 is 0 Å². The molecule has 0 radical (unpaired) electrons. The molecule has 1 heterocycles. The lowest BCUT2D eigenvalue weighted by atomic mass is 9.99. The standard InChI is InChI=1S/C20H23NO4/c1-23-18-11-16(13-21-7-9-25-10-8-21)12-19(24-2)20(18)17-5-3-15(14-22)4-6-17/h3-6,11-12,14H,7-10,13H2,1-2H3. The van der Waals surface area contributed by atoms with Crippen LogP contribution in [0.2, 0.25) is 0 Å². The van der Waals surface area contributed by atoms with Crippen LogP contribution < -0.4 is 9.47 Å². The zero-order valence-electron chi connectivity index (χ0n) is 14.7. The van der Waals surface area contributed by atoms with E-state index in [0.717, 1.165) is 67.3 Å². The molecule has 132 valence electrons. The van der Waals surface area contributed by atoms with Crippen LogP contribution in [0.4, 0.5) is 0 Å². The zero-order chi connectivity index (χ0) is 17.6. The van der Waals surface area contributed by atoms with E-state index in [1.165, 1.54) is 0 Å². The maximum absolute atomic E-state index is 10.9. The average molecular weight is 341 g/mol. The monoisotopic (exact) mass is 341 g/mol. The number of benzene rings is 2. The topological polar surface area (TPSA) is 48.0 Å². The molecule has 0 spiro atoms. The second kappa shape index (κ2) is 8.14. The van der Waals surface area contributed by atoms with E-state index >= 15 is 0 Å². The largest absolute Gasteiger partial charge is 0.496 e. The van der Waals surface area contributed by atoms with Gasteiger partial charge in [-0.05, 0) is 23.3 Å². The predicted octanol–water partition coefficient (Wildman–Crippen LogP) is 3.02. The van der Waals surface area contributed by atoms with Gasteiger partial charge < -0.3 is 14.2 Å². The average Bonchev–Trinajstić information content (AvgIpc) is 2.68. The van der Waals surface area contributed by atoms with Crippen molar-refractivity contribution < 1.29 is 19.0 Å². The first kappa shape index (κ1) is 17.5. The Balaban J connectivity index is 1.95. The molecule has 0 amide bonds. The number of carbonyl (C=O) groups excluding carboxylic acids is 1. The molecule has 1 aliphatic rings. The fourth-order valence-corrected chi connectivity index (χ4v) is 3.09. The molecule has 5 heteroatoms. The molecule has 0 aliphatic carbocycles. The number of nitrogens with zero attached hydrogens (tertiary/aromatic N) is 1. The van der Waals surface area contributed by atoms with Crippen LogP contribution in [0.1, 0.15) is 15.9 Å². The van der Waals surface area contributed by atoms with E-state index in [2.05, 4.69) is 17.0 Å². The Morgan fingerprint density at radius 2 is 1.64 bits per heavy atom. The minimum atomic E-state index is 0.644. The minimum absolute atomic E-state index is 0.644. The minimum Gasteiger partial charge on any atom is -0.496 e. The number of morpholine rings is 1. The second-order valence-corrected chi connectivity index (χ2v) is 6.00. The van der Waals surface area contributed by atoms with Gasteiger partial charge in [0.05, 0.1) is 33.0 Å². The Kier molecular flexibility index (Phi) is 5.68. The first-order valence-corrected chi connectivity index (χ1v) is 8.35. The fourth-order valence-electron chi connectivity index (χ4n) is 3.09. The summed E-state index contributed by atoms with van der Waals surface area (Å²) in [7, 11) is 3.33. The summed E-state index contributed by atoms with van der Waals surface area (Å²) < 4.78 is 16.7. The number of rotatable bonds is 6. The molecule has 1 saturated heterocycles. The van der Waals surface area contributed by atoms with Gasteiger partial charge in [-0.15, -0.1) is 0 Å². The van der Waals surface area contributed by atoms with Crippen molar-refractivity contribution >= 4 is 6.29 Å². The summed E-state index contributed by atoms with van der Waals surface area (Å²) in [6, 6.07) is 11.5. The molecular weight excluding hydrogens is 318 g/mol. The van der Waals surface area contributed by atoms with E-state index < -0.39 is 0 Å². The molecule has 0 atom stereocenters. The molecule has 1 fully saturated rings. The highest BCUT2D eigenvalue weighted by Crippen LogP contribution is 2.39. The van der Waals surface area contributed by atoms with E-state index in [4.69, 9.17) is 14.2 Å². The van der Waals surface area contributed by atoms with Crippen molar-refractivity contribution in [3.05, 3.63) is 47.5 Å². The molecule has 2 aromatic rings. The maximum atomic E-state index is 10.9. The van der Waals surface area contributed by atoms with Crippen LogP contribution in [0.5, 0.6) is 11.5 Å². The molecule has 25 heavy (non-hydrogen) atoms. The van der Waals surface area contributed by atoms with Gasteiger partial charge in [-0.3, -0.25) is 9.69 Å². The molecule has 3 rings (SSSR count). The van der Waals surface area contributed by atoms with Gasteiger partial charge in [0.2, 0.25) is 0 Å². The summed E-state index contributed by atoms with van der Waals surface area (Å²) in [5, 5.41) is 0. The molecule has 0 unspecified atom stereocenters. The summed E-state index contributed by atoms with van der Waals surface area (Å²) in [5.41, 5.74) is 3.64. The Bertz CT molecular complexity index is 696. The highest BCUT2D eigenvalue weighted by Gasteiger charge is 2.17. The van der Waals surface area contributed by atoms with E-state index in [9.17, 15) is 4.79 Å². The highest BCUT2D eigenvalue weighted by atomic mass is 16.5. The van der Waals surface area contributed by atoms with Gasteiger partial charge in [-0.25, -0.2) is 0 Å². The van der Waals surface area contributed by atoms with Gasteiger partial charge in [-0.2, -0.15) is 0 Å². The van der Waals surface area contributed by atoms with E-state index in [1.54, 1.807) is 26.4 Å². The summed E-state index contributed by atoms with van der Waals surface area (Å²) in [6.45, 7) is 4.24. The molecule has 0 aromatic heterocycles. The molecule has 0 bridgehead atoms. The third kappa shape index (κ3) is 4.00. The molecule has 0 saturated carbocycles. The van der Waals surface area contributed by atoms with E-state index in [0.29, 0.717) is 5.56 Å². The number of methoxy groups -OCH3 is 2. The molecule has 5 nitrogen and oxygen atoms in total. The van der Waals surface area contributed by atoms with Crippen LogP contribution in [-0.4, -0.2) is 51.7 Å². The highest BCUT2D eigenvalue weighted by molar-refractivity contribution is 5.81. The lowest BCUT2D eigenvalue weighted by Gasteiger charge is -2.27. The summed E-state index contributed by atoms with van der Waals surface area (Å²) in [6.07, 6.45) is 0.837. The van der Waals surface area contributed by atoms with Gasteiger partial charge in [0.1, 0.15) is 17.8 Å². The summed E-state index contributed by atoms with van der Waals surface area (Å²) in [5.74, 6) is 1.53. The molecular formula is C20H23NO4. The van der Waals surface area contributed by atoms with E-state index in [-0.39, 0.29) is 0 Å². The normalized spacial score (nSPS) is 15.0. The maximum Gasteiger partial charge on any atom is 0.150 e. The lowest BCUT2D eigenvalue weighted by Crippen LogP contribution is -2.35. The van der Waals surface area contributed by atoms with Crippen LogP contribution in [0.15, 0.2) is 36.4 Å². The number of carbonyl (C=O) groups is 1. The van der Waals surface area contributed by atoms with Crippen molar-refractivity contribution in [3.8, 4) is 22.6 Å². The van der Waals surface area contributed by atoms with Crippen molar-refractivity contribution in [3.63, 3.8) is 0 Å². The Morgan fingerprint density at radius 3 is 2.16 bits per heavy atom. The molecule has 1 aliphatic heterocycles. The van der Waals surface area contributed by atoms with Crippen molar-refractivity contribution in [2.24, 2.45) is 0 Å². The van der Waals surface area contributed by atoms with Crippen LogP contribution in [0.3, 0.4) is 0 Å². The number of aldehydes is 1. The number of hydrogen-bond acceptors (Lipinski definition) is 5. The number of ether oxygens (including phenoxy) is 3. The smallest absolute Gasteiger partial charge is 0.150 e. The van der Waals surface area contributed by atoms with Crippen molar-refractivity contribution in [2.45, 2.75) is 6.54 Å². The van der Waals surface area contributed by atoms with Crippen LogP contribution in [0, 0.1) is 0 Å². The summed E-state index contributed by atoms with van der Waals surface area (Å²) >= 11 is 0. The van der Waals surface area contributed by atoms with Crippen LogP contribution in [0.25, 0.3) is 11.1 Å². The Hall–Kier alpha value is -2.37. The second-order valence-electron chi connectivity index (χ2n) is 6.00. The van der Waals surface area contributed by atoms with E-state index in [1.807, 2.05) is 12.1 Å². The van der Waals surface area contributed by atoms with Gasteiger partial charge in [-0.1, -0.05) is 24.3 Å². The quantitative estimate of drug-likeness (QED) is 0.756. The van der Waals surface area contributed by atoms with Gasteiger partial charge in [0.15, 0.2) is 0 Å². The third-order valence-corrected chi connectivity index (χ3v) is 4.41. The lowest BCUT2D eigenvalue weighted by molar-refractivity contribution is 0.0341. The third-order valence-electron chi connectivity index (χ3n) is 4.41. The van der Waals surface area contributed by atoms with Gasteiger partial charge in [0.25, 0.3) is 0 Å². The van der Waals surface area contributed by atoms with Crippen molar-refractivity contribution in [1.82, 2.24) is 4.90 Å². The molecule has 2 aromatic carbocycles. The van der Waals surface area contributed by atoms with Gasteiger partial charge in [0, 0.05) is 25.2 Å². The first-order chi connectivity index (χ1) is 12.2. The summed E-state index contributed by atoms with van der Waals surface area (Å²) in [4.78, 5) is 13.2. The Morgan fingerprint density at radius 1 is 1.04 bits per heavy atom. The van der Waals surface area contributed by atoms with Crippen molar-refractivity contribution in [2.75, 3.05) is 40.5 Å². The van der Waals surface area contributed by atoms with Crippen LogP contribution >= 0.6 is 0 Å². The number of hydrogen-bond donors (Lipinski definition) is 0. The predicted molar refractivity (Wildman–Crippen MR) is 96.5 cm³/mol. The van der Waals surface area contributed by atoms with Crippen molar-refractivity contribution in [1.29, 1.82) is 0 Å².